The van der Waals surface area contributed by atoms with Crippen LogP contribution >= 0.6 is 0 Å². The Morgan fingerprint density at radius 2 is 1.19 bits per heavy atom. The van der Waals surface area contributed by atoms with E-state index in [2.05, 4.69) is 25.5 Å². The van der Waals surface area contributed by atoms with E-state index in [1.165, 1.54) is 26.4 Å². The number of esters is 2. The van der Waals surface area contributed by atoms with Crippen molar-refractivity contribution in [3.8, 4) is 0 Å². The molecule has 6 nitrogen and oxygen atoms in total. The molecule has 2 aromatic rings. The van der Waals surface area contributed by atoms with Crippen LogP contribution in [-0.2, 0) is 19.1 Å². The second-order valence-electron chi connectivity index (χ2n) is 5.15. The van der Waals surface area contributed by atoms with Crippen molar-refractivity contribution in [2.24, 2.45) is 9.98 Å². The van der Waals surface area contributed by atoms with Gasteiger partial charge in [-0.3, -0.25) is 0 Å². The first-order valence-corrected chi connectivity index (χ1v) is 8.00. The molecule has 2 rings (SSSR count). The number of methoxy groups -OCH3 is 2. The van der Waals surface area contributed by atoms with Gasteiger partial charge in [0.1, 0.15) is 6.01 Å². The van der Waals surface area contributed by atoms with E-state index in [0.717, 1.165) is 11.1 Å². The van der Waals surface area contributed by atoms with Crippen molar-refractivity contribution in [1.82, 2.24) is 0 Å². The molecular weight excluding hydrogens is 344 g/mol. The van der Waals surface area contributed by atoms with Crippen molar-refractivity contribution in [3.05, 3.63) is 71.8 Å². The Morgan fingerprint density at radius 1 is 0.778 bits per heavy atom. The van der Waals surface area contributed by atoms with Crippen molar-refractivity contribution in [2.75, 3.05) is 14.2 Å². The quantitative estimate of drug-likeness (QED) is 0.438. The summed E-state index contributed by atoms with van der Waals surface area (Å²) in [6.07, 6.45) is 5.86. The number of nitrogens with zero attached hydrogens (tertiary/aromatic N) is 2. The van der Waals surface area contributed by atoms with Gasteiger partial charge in [-0.1, -0.05) is 36.4 Å². The van der Waals surface area contributed by atoms with Crippen LogP contribution in [0.1, 0.15) is 11.1 Å². The van der Waals surface area contributed by atoms with Gasteiger partial charge in [0.25, 0.3) is 0 Å². The molecule has 2 aromatic carbocycles. The molecule has 136 valence electrons. The summed E-state index contributed by atoms with van der Waals surface area (Å²) in [7, 11) is 2.63. The minimum absolute atomic E-state index is 0.450. The fraction of sp³-hybridized carbons (Fsp3) is 0.0952. The molecule has 0 aliphatic rings. The standard InChI is InChI=1S/C21H18N2O4/c1-26-20(24)13-11-16-7-3-5-9-18(16)22-15-23-19-10-6-4-8-17(19)12-14-21(25)27-2/h3-14H,1-2H3/b13-11+,14-12+. The van der Waals surface area contributed by atoms with E-state index < -0.39 is 11.9 Å². The Kier molecular flexibility index (Phi) is 7.45. The van der Waals surface area contributed by atoms with Gasteiger partial charge in [0.15, 0.2) is 0 Å². The minimum atomic E-state index is -0.450. The van der Waals surface area contributed by atoms with Crippen LogP contribution in [-0.4, -0.2) is 32.2 Å². The van der Waals surface area contributed by atoms with Gasteiger partial charge in [0, 0.05) is 23.3 Å². The predicted molar refractivity (Wildman–Crippen MR) is 104 cm³/mol. The summed E-state index contributed by atoms with van der Waals surface area (Å²) >= 11 is 0. The van der Waals surface area contributed by atoms with Gasteiger partial charge in [0.2, 0.25) is 0 Å². The summed E-state index contributed by atoms with van der Waals surface area (Å²) in [5.41, 5.74) is 2.65. The molecule has 0 heterocycles. The maximum atomic E-state index is 11.3. The number of hydrogen-bond acceptors (Lipinski definition) is 6. The van der Waals surface area contributed by atoms with E-state index in [9.17, 15) is 9.59 Å². The highest BCUT2D eigenvalue weighted by Crippen LogP contribution is 2.21. The number of carbonyl (C=O) groups is 2. The lowest BCUT2D eigenvalue weighted by Crippen LogP contribution is -1.93. The third-order valence-electron chi connectivity index (χ3n) is 3.41. The van der Waals surface area contributed by atoms with Crippen molar-refractivity contribution in [3.63, 3.8) is 0 Å². The lowest BCUT2D eigenvalue weighted by atomic mass is 10.1. The summed E-state index contributed by atoms with van der Waals surface area (Å²) in [5.74, 6) is -0.900. The van der Waals surface area contributed by atoms with Crippen LogP contribution in [0.2, 0.25) is 0 Å². The van der Waals surface area contributed by atoms with Crippen molar-refractivity contribution < 1.29 is 19.1 Å². The summed E-state index contributed by atoms with van der Waals surface area (Å²) in [6.45, 7) is 0. The highest BCUT2D eigenvalue weighted by atomic mass is 16.5. The molecule has 0 amide bonds. The number of rotatable bonds is 6. The second kappa shape index (κ2) is 10.3. The molecule has 0 radical (unpaired) electrons. The Hall–Kier alpha value is -3.76. The van der Waals surface area contributed by atoms with E-state index in [0.29, 0.717) is 11.4 Å². The SMILES string of the molecule is COC(=O)/C=C/c1ccccc1N=C=Nc1ccccc1/C=C/C(=O)OC. The molecule has 0 spiro atoms. The molecule has 0 N–H and O–H groups in total. The number of hydrogen-bond donors (Lipinski definition) is 0. The first kappa shape index (κ1) is 19.6. The van der Waals surface area contributed by atoms with Crippen molar-refractivity contribution in [1.29, 1.82) is 0 Å². The van der Waals surface area contributed by atoms with Gasteiger partial charge >= 0.3 is 11.9 Å². The smallest absolute Gasteiger partial charge is 0.330 e. The summed E-state index contributed by atoms with van der Waals surface area (Å²) in [4.78, 5) is 30.9. The van der Waals surface area contributed by atoms with Crippen molar-refractivity contribution in [2.45, 2.75) is 0 Å². The molecule has 0 saturated carbocycles. The lowest BCUT2D eigenvalue weighted by molar-refractivity contribution is -0.135. The number of carbonyl (C=O) groups excluding carboxylic acids is 2. The second-order valence-corrected chi connectivity index (χ2v) is 5.15. The summed E-state index contributed by atoms with van der Waals surface area (Å²) in [6, 6.07) is 17.1. The van der Waals surface area contributed by atoms with Gasteiger partial charge in [-0.15, -0.1) is 0 Å². The molecule has 0 saturated heterocycles. The number of aliphatic imine (C=N–C) groups is 2. The molecule has 0 aliphatic heterocycles. The van der Waals surface area contributed by atoms with Gasteiger partial charge in [-0.25, -0.2) is 9.59 Å². The highest BCUT2D eigenvalue weighted by molar-refractivity contribution is 5.89. The Labute approximate surface area is 157 Å². The summed E-state index contributed by atoms with van der Waals surface area (Å²) in [5, 5.41) is 0. The number of para-hydroxylation sites is 2. The van der Waals surface area contributed by atoms with E-state index in [4.69, 9.17) is 0 Å². The van der Waals surface area contributed by atoms with Crippen LogP contribution in [0, 0.1) is 0 Å². The minimum Gasteiger partial charge on any atom is -0.466 e. The zero-order valence-corrected chi connectivity index (χ0v) is 15.0. The lowest BCUT2D eigenvalue weighted by Gasteiger charge is -1.99. The van der Waals surface area contributed by atoms with Crippen LogP contribution in [0.3, 0.4) is 0 Å². The Bertz CT molecular complexity index is 865. The Balaban J connectivity index is 2.28. The molecule has 0 fully saturated rings. The summed E-state index contributed by atoms with van der Waals surface area (Å²) < 4.78 is 9.16. The monoisotopic (exact) mass is 362 g/mol. The molecular formula is C21H18N2O4. The van der Waals surface area contributed by atoms with E-state index >= 15 is 0 Å². The normalized spacial score (nSPS) is 10.4. The largest absolute Gasteiger partial charge is 0.466 e. The molecule has 0 aromatic heterocycles. The van der Waals surface area contributed by atoms with E-state index in [1.807, 2.05) is 36.4 Å². The zero-order chi connectivity index (χ0) is 19.5. The van der Waals surface area contributed by atoms with Crippen LogP contribution in [0.5, 0.6) is 0 Å². The average molecular weight is 362 g/mol. The molecule has 0 atom stereocenters. The maximum Gasteiger partial charge on any atom is 0.330 e. The van der Waals surface area contributed by atoms with Gasteiger partial charge < -0.3 is 9.47 Å². The predicted octanol–water partition coefficient (Wildman–Crippen LogP) is 4.20. The average Bonchev–Trinajstić information content (AvgIpc) is 2.71. The van der Waals surface area contributed by atoms with Gasteiger partial charge in [-0.05, 0) is 24.3 Å². The van der Waals surface area contributed by atoms with E-state index in [1.54, 1.807) is 24.3 Å². The zero-order valence-electron chi connectivity index (χ0n) is 15.0. The highest BCUT2D eigenvalue weighted by Gasteiger charge is 1.99. The fourth-order valence-corrected chi connectivity index (χ4v) is 2.05. The Morgan fingerprint density at radius 3 is 1.59 bits per heavy atom. The topological polar surface area (TPSA) is 77.3 Å². The number of benzene rings is 2. The van der Waals surface area contributed by atoms with Crippen LogP contribution in [0.15, 0.2) is 70.7 Å². The fourth-order valence-electron chi connectivity index (χ4n) is 2.05. The third kappa shape index (κ3) is 6.23. The molecule has 0 unspecified atom stereocenters. The number of ether oxygens (including phenoxy) is 2. The van der Waals surface area contributed by atoms with Crippen molar-refractivity contribution >= 4 is 41.5 Å². The van der Waals surface area contributed by atoms with E-state index in [-0.39, 0.29) is 0 Å². The molecule has 6 heteroatoms. The molecule has 27 heavy (non-hydrogen) atoms. The van der Waals surface area contributed by atoms with Crippen LogP contribution in [0.25, 0.3) is 12.2 Å². The van der Waals surface area contributed by atoms with Gasteiger partial charge in [-0.2, -0.15) is 9.98 Å². The molecule has 0 bridgehead atoms. The first-order chi connectivity index (χ1) is 13.1. The van der Waals surface area contributed by atoms with Gasteiger partial charge in [0.05, 0.1) is 25.6 Å². The van der Waals surface area contributed by atoms with Crippen LogP contribution in [0.4, 0.5) is 11.4 Å². The first-order valence-electron chi connectivity index (χ1n) is 8.00. The molecule has 0 aliphatic carbocycles. The maximum absolute atomic E-state index is 11.3. The van der Waals surface area contributed by atoms with Crippen LogP contribution < -0.4 is 0 Å². The third-order valence-corrected chi connectivity index (χ3v) is 3.41.